The predicted octanol–water partition coefficient (Wildman–Crippen LogP) is -0.393. The number of likely N-dealkylation sites (N-methyl/N-ethyl adjacent to an activating group) is 3. The van der Waals surface area contributed by atoms with Gasteiger partial charge >= 0.3 is 7.25 Å². The molecule has 0 atom stereocenters. The van der Waals surface area contributed by atoms with E-state index in [2.05, 4.69) is 16.0 Å². The minimum Gasteiger partial charge on any atom is -0.418 e. The van der Waals surface area contributed by atoms with Gasteiger partial charge in [-0.15, -0.1) is 0 Å². The van der Waals surface area contributed by atoms with Crippen LogP contribution in [0.1, 0.15) is 0 Å². The average Bonchev–Trinajstić information content (AvgIpc) is 2.23. The van der Waals surface area contributed by atoms with Crippen LogP contribution in [0.3, 0.4) is 0 Å². The third kappa shape index (κ3) is 13.5. The van der Waals surface area contributed by atoms with E-state index < -0.39 is 13.0 Å². The quantitative estimate of drug-likeness (QED) is 0.218. The van der Waals surface area contributed by atoms with Crippen LogP contribution in [0.5, 0.6) is 0 Å². The molecule has 0 bridgehead atoms. The molecule has 0 heterocycles. The zero-order valence-corrected chi connectivity index (χ0v) is 10.1. The topological polar surface area (TPSA) is 65.5 Å². The van der Waals surface area contributed by atoms with E-state index in [-0.39, 0.29) is 6.61 Å². The molecule has 10 heteroatoms. The number of nitrogens with one attached hydrogen (secondary N) is 3. The largest absolute Gasteiger partial charge is 0.673 e. The van der Waals surface area contributed by atoms with Gasteiger partial charge in [0.05, 0.1) is 19.8 Å². The third-order valence-corrected chi connectivity index (χ3v) is 1.83. The Balaban J connectivity index is 0. The van der Waals surface area contributed by atoms with Crippen LogP contribution in [0, 0.1) is 0 Å². The maximum atomic E-state index is 9.75. The van der Waals surface area contributed by atoms with Crippen molar-refractivity contribution in [3.8, 4) is 0 Å². The van der Waals surface area contributed by atoms with Gasteiger partial charge in [0.15, 0.2) is 0 Å². The lowest BCUT2D eigenvalue weighted by Gasteiger charge is -2.32. The van der Waals surface area contributed by atoms with Gasteiger partial charge in [0, 0.05) is 0 Å². The van der Waals surface area contributed by atoms with E-state index in [0.29, 0.717) is 13.2 Å². The molecule has 0 aliphatic carbocycles. The van der Waals surface area contributed by atoms with E-state index in [4.69, 9.17) is 9.84 Å². The zero-order valence-electron chi connectivity index (χ0n) is 10.1. The number of rotatable bonds is 7. The van der Waals surface area contributed by atoms with Crippen LogP contribution in [0.15, 0.2) is 0 Å². The summed E-state index contributed by atoms with van der Waals surface area (Å²) in [6.45, 7) is 0.858. The number of aliphatic hydroxyl groups is 1. The minimum absolute atomic E-state index is 0.0488. The van der Waals surface area contributed by atoms with Crippen LogP contribution >= 0.6 is 0 Å². The molecule has 0 rings (SSSR count). The standard InChI is InChI=1S/C7H19N3O2.BF4/c1-8-7(9-2,10-3)6-12-5-4-11;2-1(3,4)5/h8-11H,4-6H2,1-3H3;/q;-1. The number of hydrogen-bond donors (Lipinski definition) is 4. The normalized spacial score (nSPS) is 12.0. The van der Waals surface area contributed by atoms with Crippen molar-refractivity contribution in [2.45, 2.75) is 5.79 Å². The first-order chi connectivity index (χ1) is 7.74. The van der Waals surface area contributed by atoms with Gasteiger partial charge in [-0.2, -0.15) is 0 Å². The van der Waals surface area contributed by atoms with Gasteiger partial charge in [-0.25, -0.2) is 0 Å². The summed E-state index contributed by atoms with van der Waals surface area (Å²) in [5.74, 6) is -0.408. The van der Waals surface area contributed by atoms with Gasteiger partial charge in [0.2, 0.25) is 0 Å². The molecule has 5 nitrogen and oxygen atoms in total. The second-order valence-electron chi connectivity index (χ2n) is 2.93. The summed E-state index contributed by atoms with van der Waals surface area (Å²) in [7, 11) is -0.514. The summed E-state index contributed by atoms with van der Waals surface area (Å²) in [5.41, 5.74) is 0. The highest BCUT2D eigenvalue weighted by Crippen LogP contribution is 2.06. The molecule has 0 spiro atoms. The molecule has 0 aromatic rings. The predicted molar refractivity (Wildman–Crippen MR) is 58.0 cm³/mol. The van der Waals surface area contributed by atoms with E-state index >= 15 is 0 Å². The highest BCUT2D eigenvalue weighted by atomic mass is 19.5. The van der Waals surface area contributed by atoms with Gasteiger partial charge in [-0.3, -0.25) is 16.0 Å². The summed E-state index contributed by atoms with van der Waals surface area (Å²) in [6.07, 6.45) is 0. The van der Waals surface area contributed by atoms with Crippen LogP contribution in [0.25, 0.3) is 0 Å². The Kier molecular flexibility index (Phi) is 10.7. The Bertz CT molecular complexity index is 167. The molecule has 17 heavy (non-hydrogen) atoms. The lowest BCUT2D eigenvalue weighted by atomic mass is 10.3. The molecule has 0 unspecified atom stereocenters. The number of ether oxygens (including phenoxy) is 1. The first kappa shape index (κ1) is 18.9. The Labute approximate surface area is 98.0 Å². The fourth-order valence-electron chi connectivity index (χ4n) is 0.881. The SMILES string of the molecule is CNC(COCCO)(NC)NC.F[B-](F)(F)F. The van der Waals surface area contributed by atoms with Crippen molar-refractivity contribution >= 4 is 7.25 Å². The molecule has 0 aliphatic heterocycles. The van der Waals surface area contributed by atoms with Gasteiger partial charge in [0.1, 0.15) is 5.79 Å². The van der Waals surface area contributed by atoms with Crippen LogP contribution in [-0.2, 0) is 4.74 Å². The summed E-state index contributed by atoms with van der Waals surface area (Å²) < 4.78 is 44.2. The van der Waals surface area contributed by atoms with Gasteiger partial charge < -0.3 is 27.1 Å². The van der Waals surface area contributed by atoms with Gasteiger partial charge in [-0.05, 0) is 21.1 Å². The molecule has 106 valence electrons. The molecule has 0 fully saturated rings. The third-order valence-electron chi connectivity index (χ3n) is 1.83. The summed E-state index contributed by atoms with van der Waals surface area (Å²) in [6, 6.07) is 0. The van der Waals surface area contributed by atoms with Crippen molar-refractivity contribution in [2.24, 2.45) is 0 Å². The van der Waals surface area contributed by atoms with Crippen LogP contribution in [0.4, 0.5) is 17.3 Å². The zero-order chi connectivity index (χ0) is 13.9. The highest BCUT2D eigenvalue weighted by molar-refractivity contribution is 6.50. The fourth-order valence-corrected chi connectivity index (χ4v) is 0.881. The van der Waals surface area contributed by atoms with Crippen LogP contribution < -0.4 is 16.0 Å². The fraction of sp³-hybridized carbons (Fsp3) is 1.00. The first-order valence-corrected chi connectivity index (χ1v) is 4.87. The van der Waals surface area contributed by atoms with Gasteiger partial charge in [0.25, 0.3) is 0 Å². The van der Waals surface area contributed by atoms with Crippen molar-refractivity contribution in [3.63, 3.8) is 0 Å². The monoisotopic (exact) mass is 264 g/mol. The molecular formula is C7H19BF4N3O2-. The van der Waals surface area contributed by atoms with Crippen LogP contribution in [-0.4, -0.2) is 59.1 Å². The molecular weight excluding hydrogens is 245 g/mol. The second kappa shape index (κ2) is 9.60. The minimum atomic E-state index is -6.00. The van der Waals surface area contributed by atoms with E-state index in [1.165, 1.54) is 0 Å². The Morgan fingerprint density at radius 2 is 1.41 bits per heavy atom. The van der Waals surface area contributed by atoms with Crippen molar-refractivity contribution in [1.82, 2.24) is 16.0 Å². The number of aliphatic hydroxyl groups excluding tert-OH is 1. The van der Waals surface area contributed by atoms with E-state index in [9.17, 15) is 17.3 Å². The molecule has 0 aromatic carbocycles. The Morgan fingerprint density at radius 3 is 1.65 bits per heavy atom. The first-order valence-electron chi connectivity index (χ1n) is 4.87. The van der Waals surface area contributed by atoms with Crippen molar-refractivity contribution < 1.29 is 27.1 Å². The molecule has 0 radical (unpaired) electrons. The maximum Gasteiger partial charge on any atom is 0.673 e. The molecule has 4 N–H and O–H groups in total. The van der Waals surface area contributed by atoms with Crippen molar-refractivity contribution in [2.75, 3.05) is 41.0 Å². The van der Waals surface area contributed by atoms with Gasteiger partial charge in [-0.1, -0.05) is 0 Å². The summed E-state index contributed by atoms with van der Waals surface area (Å²) in [5, 5.41) is 17.6. The lowest BCUT2D eigenvalue weighted by molar-refractivity contribution is 0.0262. The molecule has 0 aliphatic rings. The Hall–Kier alpha value is -0.415. The number of halogens is 4. The van der Waals surface area contributed by atoms with Crippen molar-refractivity contribution in [3.05, 3.63) is 0 Å². The highest BCUT2D eigenvalue weighted by Gasteiger charge is 2.23. The summed E-state index contributed by atoms with van der Waals surface area (Å²) >= 11 is 0. The number of hydrogen-bond acceptors (Lipinski definition) is 5. The van der Waals surface area contributed by atoms with Crippen molar-refractivity contribution in [1.29, 1.82) is 0 Å². The molecule has 0 saturated heterocycles. The van der Waals surface area contributed by atoms with E-state index in [0.717, 1.165) is 0 Å². The lowest BCUT2D eigenvalue weighted by Crippen LogP contribution is -2.66. The van der Waals surface area contributed by atoms with Crippen LogP contribution in [0.2, 0.25) is 0 Å². The molecule has 0 amide bonds. The average molecular weight is 264 g/mol. The summed E-state index contributed by atoms with van der Waals surface area (Å²) in [4.78, 5) is 0. The maximum absolute atomic E-state index is 9.75. The Morgan fingerprint density at radius 1 is 1.06 bits per heavy atom. The molecule has 0 saturated carbocycles. The smallest absolute Gasteiger partial charge is 0.418 e. The molecule has 0 aromatic heterocycles. The van der Waals surface area contributed by atoms with E-state index in [1.54, 1.807) is 0 Å². The second-order valence-corrected chi connectivity index (χ2v) is 2.93. The van der Waals surface area contributed by atoms with E-state index in [1.807, 2.05) is 21.1 Å².